The fourth-order valence-electron chi connectivity index (χ4n) is 5.54. The predicted molar refractivity (Wildman–Crippen MR) is 142 cm³/mol. The molecule has 35 heavy (non-hydrogen) atoms. The molecule has 3 aromatic carbocycles. The summed E-state index contributed by atoms with van der Waals surface area (Å²) in [5.41, 5.74) is 4.65. The van der Waals surface area contributed by atoms with Crippen LogP contribution in [0.1, 0.15) is 48.8 Å². The third-order valence-corrected chi connectivity index (χ3v) is 7.28. The SMILES string of the molecule is COc1ccc(C(C)C)cc1N(C)C1C(CC(=O)O)CNC1C(c1ccccc1)c1ccccc1. The molecule has 3 aromatic rings. The van der Waals surface area contributed by atoms with Crippen LogP contribution in [-0.2, 0) is 4.79 Å². The molecule has 0 aromatic heterocycles. The van der Waals surface area contributed by atoms with Crippen molar-refractivity contribution in [1.82, 2.24) is 5.32 Å². The molecule has 2 N–H and O–H groups in total. The standard InChI is InChI=1S/C30H36N2O3/c1-20(2)23-15-16-26(35-4)25(17-23)32(3)30-24(18-27(33)34)19-31-29(30)28(21-11-7-5-8-12-21)22-13-9-6-10-14-22/h5-17,20,24,28-31H,18-19H2,1-4H3,(H,33,34). The molecule has 4 rings (SSSR count). The summed E-state index contributed by atoms with van der Waals surface area (Å²) < 4.78 is 5.76. The number of nitrogens with zero attached hydrogens (tertiary/aromatic N) is 1. The normalized spacial score (nSPS) is 19.8. The van der Waals surface area contributed by atoms with Crippen molar-refractivity contribution in [3.05, 3.63) is 95.6 Å². The molecule has 184 valence electrons. The zero-order chi connectivity index (χ0) is 24.9. The maximum atomic E-state index is 11.9. The average molecular weight is 473 g/mol. The van der Waals surface area contributed by atoms with E-state index in [0.717, 1.165) is 11.4 Å². The maximum absolute atomic E-state index is 11.9. The second kappa shape index (κ2) is 11.0. The third-order valence-electron chi connectivity index (χ3n) is 7.28. The highest BCUT2D eigenvalue weighted by atomic mass is 16.5. The summed E-state index contributed by atoms with van der Waals surface area (Å²) in [6.07, 6.45) is 0.112. The predicted octanol–water partition coefficient (Wildman–Crippen LogP) is 5.52. The van der Waals surface area contributed by atoms with E-state index >= 15 is 0 Å². The Labute approximate surface area is 208 Å². The molecule has 3 atom stereocenters. The topological polar surface area (TPSA) is 61.8 Å². The van der Waals surface area contributed by atoms with Crippen LogP contribution in [0.4, 0.5) is 5.69 Å². The molecule has 3 unspecified atom stereocenters. The lowest BCUT2D eigenvalue weighted by Gasteiger charge is -2.39. The highest BCUT2D eigenvalue weighted by Gasteiger charge is 2.44. The number of carboxylic acids is 1. The number of methoxy groups -OCH3 is 1. The highest BCUT2D eigenvalue weighted by Crippen LogP contribution is 2.41. The van der Waals surface area contributed by atoms with Gasteiger partial charge in [-0.25, -0.2) is 0 Å². The number of anilines is 1. The summed E-state index contributed by atoms with van der Waals surface area (Å²) in [4.78, 5) is 14.1. The van der Waals surface area contributed by atoms with E-state index in [9.17, 15) is 9.90 Å². The molecule has 1 fully saturated rings. The summed E-state index contributed by atoms with van der Waals surface area (Å²) in [6.45, 7) is 5.01. The summed E-state index contributed by atoms with van der Waals surface area (Å²) in [5.74, 6) is 0.428. The van der Waals surface area contributed by atoms with Gasteiger partial charge in [-0.15, -0.1) is 0 Å². The molecule has 0 spiro atoms. The van der Waals surface area contributed by atoms with Crippen LogP contribution in [0.3, 0.4) is 0 Å². The summed E-state index contributed by atoms with van der Waals surface area (Å²) >= 11 is 0. The Morgan fingerprint density at radius 3 is 2.11 bits per heavy atom. The van der Waals surface area contributed by atoms with Gasteiger partial charge in [-0.05, 0) is 34.7 Å². The van der Waals surface area contributed by atoms with E-state index in [0.29, 0.717) is 12.5 Å². The zero-order valence-corrected chi connectivity index (χ0v) is 21.0. The zero-order valence-electron chi connectivity index (χ0n) is 21.0. The average Bonchev–Trinajstić information content (AvgIpc) is 3.26. The van der Waals surface area contributed by atoms with E-state index in [1.165, 1.54) is 16.7 Å². The largest absolute Gasteiger partial charge is 0.495 e. The van der Waals surface area contributed by atoms with E-state index in [2.05, 4.69) is 91.8 Å². The van der Waals surface area contributed by atoms with Crippen LogP contribution >= 0.6 is 0 Å². The lowest BCUT2D eigenvalue weighted by Crippen LogP contribution is -2.48. The number of ether oxygens (including phenoxy) is 1. The van der Waals surface area contributed by atoms with Gasteiger partial charge in [-0.3, -0.25) is 4.79 Å². The van der Waals surface area contributed by atoms with Gasteiger partial charge < -0.3 is 20.1 Å². The van der Waals surface area contributed by atoms with Gasteiger partial charge >= 0.3 is 5.97 Å². The number of carbonyl (C=O) groups is 1. The third kappa shape index (κ3) is 5.35. The molecule has 1 aliphatic rings. The highest BCUT2D eigenvalue weighted by molar-refractivity contribution is 5.68. The minimum Gasteiger partial charge on any atom is -0.495 e. The number of hydrogen-bond acceptors (Lipinski definition) is 4. The molecule has 0 radical (unpaired) electrons. The second-order valence-electron chi connectivity index (χ2n) is 9.78. The van der Waals surface area contributed by atoms with Gasteiger partial charge in [0.05, 0.1) is 19.2 Å². The van der Waals surface area contributed by atoms with Crippen molar-refractivity contribution in [3.8, 4) is 5.75 Å². The summed E-state index contributed by atoms with van der Waals surface area (Å²) in [7, 11) is 3.77. The molecule has 1 heterocycles. The first kappa shape index (κ1) is 24.8. The Bertz CT molecular complexity index is 1080. The van der Waals surface area contributed by atoms with Crippen molar-refractivity contribution in [3.63, 3.8) is 0 Å². The smallest absolute Gasteiger partial charge is 0.303 e. The van der Waals surface area contributed by atoms with E-state index in [-0.39, 0.29) is 30.3 Å². The van der Waals surface area contributed by atoms with E-state index in [4.69, 9.17) is 4.74 Å². The van der Waals surface area contributed by atoms with E-state index in [1.54, 1.807) is 7.11 Å². The molecule has 0 aliphatic carbocycles. The van der Waals surface area contributed by atoms with E-state index in [1.807, 2.05) is 18.2 Å². The number of hydrogen-bond donors (Lipinski definition) is 2. The van der Waals surface area contributed by atoms with Crippen molar-refractivity contribution in [2.45, 2.75) is 44.2 Å². The van der Waals surface area contributed by atoms with Gasteiger partial charge in [0.1, 0.15) is 5.75 Å². The van der Waals surface area contributed by atoms with E-state index < -0.39 is 5.97 Å². The number of nitrogens with one attached hydrogen (secondary N) is 1. The molecule has 0 bridgehead atoms. The first-order valence-corrected chi connectivity index (χ1v) is 12.4. The quantitative estimate of drug-likeness (QED) is 0.430. The van der Waals surface area contributed by atoms with Gasteiger partial charge in [-0.1, -0.05) is 80.6 Å². The number of aliphatic carboxylic acids is 1. The Morgan fingerprint density at radius 2 is 1.60 bits per heavy atom. The van der Waals surface area contributed by atoms with Crippen LogP contribution in [0.5, 0.6) is 5.75 Å². The van der Waals surface area contributed by atoms with Gasteiger partial charge in [0.2, 0.25) is 0 Å². The molecule has 0 amide bonds. The van der Waals surface area contributed by atoms with Crippen LogP contribution in [0.2, 0.25) is 0 Å². The summed E-state index contributed by atoms with van der Waals surface area (Å²) in [5, 5.41) is 13.5. The molecular weight excluding hydrogens is 436 g/mol. The van der Waals surface area contributed by atoms with Gasteiger partial charge in [0, 0.05) is 37.5 Å². The molecule has 5 heteroatoms. The number of likely N-dealkylation sites (N-methyl/N-ethyl adjacent to an activating group) is 1. The molecule has 0 saturated carbocycles. The van der Waals surface area contributed by atoms with Crippen molar-refractivity contribution in [2.24, 2.45) is 5.92 Å². The van der Waals surface area contributed by atoms with Gasteiger partial charge in [0.25, 0.3) is 0 Å². The van der Waals surface area contributed by atoms with Crippen LogP contribution in [0.15, 0.2) is 78.9 Å². The van der Waals surface area contributed by atoms with Crippen LogP contribution < -0.4 is 15.0 Å². The van der Waals surface area contributed by atoms with Crippen LogP contribution in [0, 0.1) is 5.92 Å². The van der Waals surface area contributed by atoms with Crippen molar-refractivity contribution < 1.29 is 14.6 Å². The van der Waals surface area contributed by atoms with Crippen LogP contribution in [0.25, 0.3) is 0 Å². The first-order chi connectivity index (χ1) is 16.9. The van der Waals surface area contributed by atoms with Crippen molar-refractivity contribution in [2.75, 3.05) is 25.6 Å². The molecule has 1 aliphatic heterocycles. The minimum absolute atomic E-state index is 0.0153. The molecular formula is C30H36N2O3. The number of carboxylic acid groups (broad SMARTS) is 1. The second-order valence-corrected chi connectivity index (χ2v) is 9.78. The molecule has 5 nitrogen and oxygen atoms in total. The van der Waals surface area contributed by atoms with Gasteiger partial charge in [-0.2, -0.15) is 0 Å². The number of rotatable bonds is 9. The lowest BCUT2D eigenvalue weighted by atomic mass is 9.79. The monoisotopic (exact) mass is 472 g/mol. The first-order valence-electron chi connectivity index (χ1n) is 12.4. The maximum Gasteiger partial charge on any atom is 0.303 e. The Morgan fingerprint density at radius 1 is 1.00 bits per heavy atom. The fourth-order valence-corrected chi connectivity index (χ4v) is 5.54. The Hall–Kier alpha value is -3.31. The number of benzene rings is 3. The van der Waals surface area contributed by atoms with Gasteiger partial charge in [0.15, 0.2) is 0 Å². The fraction of sp³-hybridized carbons (Fsp3) is 0.367. The van der Waals surface area contributed by atoms with Crippen LogP contribution in [-0.4, -0.2) is 43.9 Å². The summed E-state index contributed by atoms with van der Waals surface area (Å²) in [6, 6.07) is 27.3. The van der Waals surface area contributed by atoms with Crippen molar-refractivity contribution >= 4 is 11.7 Å². The lowest BCUT2D eigenvalue weighted by molar-refractivity contribution is -0.138. The Kier molecular flexibility index (Phi) is 7.76. The van der Waals surface area contributed by atoms with Crippen molar-refractivity contribution in [1.29, 1.82) is 0 Å². The molecule has 1 saturated heterocycles. The minimum atomic E-state index is -0.769. The Balaban J connectivity index is 1.82.